The van der Waals surface area contributed by atoms with E-state index in [2.05, 4.69) is 41.6 Å². The van der Waals surface area contributed by atoms with Crippen molar-refractivity contribution >= 4 is 17.3 Å². The maximum Gasteiger partial charge on any atom is 0.250 e. The second-order valence-corrected chi connectivity index (χ2v) is 8.60. The minimum absolute atomic E-state index is 0.0600. The van der Waals surface area contributed by atoms with E-state index in [1.165, 1.54) is 10.6 Å². The van der Waals surface area contributed by atoms with Gasteiger partial charge in [-0.1, -0.05) is 77.4 Å². The molecule has 0 amide bonds. The van der Waals surface area contributed by atoms with Gasteiger partial charge < -0.3 is 9.77 Å². The molecule has 3 aromatic carbocycles. The number of aryl methyl sites for hydroxylation is 2. The Hall–Kier alpha value is -3.63. The zero-order valence-corrected chi connectivity index (χ0v) is 19.3. The van der Waals surface area contributed by atoms with Crippen LogP contribution in [0.25, 0.3) is 11.1 Å². The molecule has 0 aliphatic carbocycles. The van der Waals surface area contributed by atoms with Crippen LogP contribution in [0.1, 0.15) is 34.6 Å². The van der Waals surface area contributed by atoms with Gasteiger partial charge in [-0.05, 0) is 52.9 Å². The van der Waals surface area contributed by atoms with Crippen LogP contribution in [0.3, 0.4) is 0 Å². The molecule has 166 valence electrons. The molecule has 33 heavy (non-hydrogen) atoms. The number of aromatic nitrogens is 1. The van der Waals surface area contributed by atoms with Crippen molar-refractivity contribution in [2.45, 2.75) is 19.3 Å². The average Bonchev–Trinajstić information content (AvgIpc) is 2.83. The average molecular weight is 457 g/mol. The van der Waals surface area contributed by atoms with Crippen LogP contribution in [-0.2, 0) is 7.05 Å². The zero-order chi connectivity index (χ0) is 23.4. The van der Waals surface area contributed by atoms with Crippen LogP contribution in [0.5, 0.6) is 0 Å². The molecule has 5 heteroatoms. The standard InChI is InChI=1S/C28H25ClN2O2/c1-19-16-24(29)13-14-25(19)26(17-27(30-33)23-12-15-28(32)31(2)18-23)22-10-8-21(9-11-22)20-6-4-3-5-7-20/h3-16,18,26,33H,17H2,1-2H3. The highest BCUT2D eigenvalue weighted by Crippen LogP contribution is 2.34. The number of hydrogen-bond acceptors (Lipinski definition) is 3. The van der Waals surface area contributed by atoms with Gasteiger partial charge >= 0.3 is 0 Å². The molecule has 1 unspecified atom stereocenters. The number of nitrogens with zero attached hydrogens (tertiary/aromatic N) is 2. The maximum absolute atomic E-state index is 11.8. The third-order valence-corrected chi connectivity index (χ3v) is 6.20. The van der Waals surface area contributed by atoms with Crippen molar-refractivity contribution in [3.8, 4) is 11.1 Å². The largest absolute Gasteiger partial charge is 0.411 e. The number of hydrogen-bond donors (Lipinski definition) is 1. The number of benzene rings is 3. The lowest BCUT2D eigenvalue weighted by Crippen LogP contribution is -2.18. The Kier molecular flexibility index (Phi) is 6.76. The van der Waals surface area contributed by atoms with Crippen molar-refractivity contribution in [1.82, 2.24) is 4.57 Å². The summed E-state index contributed by atoms with van der Waals surface area (Å²) in [4.78, 5) is 11.8. The maximum atomic E-state index is 11.8. The summed E-state index contributed by atoms with van der Waals surface area (Å²) < 4.78 is 1.48. The van der Waals surface area contributed by atoms with E-state index in [-0.39, 0.29) is 11.5 Å². The second kappa shape index (κ2) is 9.88. The highest BCUT2D eigenvalue weighted by Gasteiger charge is 2.21. The molecule has 4 aromatic rings. The molecule has 1 aromatic heterocycles. The summed E-state index contributed by atoms with van der Waals surface area (Å²) in [6, 6.07) is 27.8. The Labute approximate surface area is 198 Å². The summed E-state index contributed by atoms with van der Waals surface area (Å²) in [5.74, 6) is -0.0600. The molecule has 0 spiro atoms. The van der Waals surface area contributed by atoms with E-state index in [0.717, 1.165) is 27.8 Å². The first-order valence-electron chi connectivity index (χ1n) is 10.8. The summed E-state index contributed by atoms with van der Waals surface area (Å²) in [5, 5.41) is 14.2. The van der Waals surface area contributed by atoms with E-state index >= 15 is 0 Å². The summed E-state index contributed by atoms with van der Waals surface area (Å²) in [6.45, 7) is 2.04. The second-order valence-electron chi connectivity index (χ2n) is 8.16. The fourth-order valence-corrected chi connectivity index (χ4v) is 4.38. The van der Waals surface area contributed by atoms with Crippen molar-refractivity contribution < 1.29 is 5.21 Å². The molecule has 0 saturated carbocycles. The third kappa shape index (κ3) is 5.07. The van der Waals surface area contributed by atoms with Gasteiger partial charge in [-0.25, -0.2) is 0 Å². The minimum Gasteiger partial charge on any atom is -0.411 e. The number of pyridine rings is 1. The minimum atomic E-state index is -0.113. The highest BCUT2D eigenvalue weighted by atomic mass is 35.5. The molecule has 0 saturated heterocycles. The number of oxime groups is 1. The molecule has 4 nitrogen and oxygen atoms in total. The Morgan fingerprint density at radius 2 is 1.67 bits per heavy atom. The van der Waals surface area contributed by atoms with Gasteiger partial charge in [0.05, 0.1) is 5.71 Å². The smallest absolute Gasteiger partial charge is 0.250 e. The molecule has 1 heterocycles. The van der Waals surface area contributed by atoms with E-state index in [1.807, 2.05) is 43.3 Å². The molecule has 1 atom stereocenters. The monoisotopic (exact) mass is 456 g/mol. The number of halogens is 1. The predicted molar refractivity (Wildman–Crippen MR) is 135 cm³/mol. The third-order valence-electron chi connectivity index (χ3n) is 5.96. The van der Waals surface area contributed by atoms with E-state index in [4.69, 9.17) is 11.6 Å². The molecule has 1 N–H and O–H groups in total. The van der Waals surface area contributed by atoms with E-state index in [0.29, 0.717) is 22.7 Å². The van der Waals surface area contributed by atoms with Crippen molar-refractivity contribution in [2.24, 2.45) is 12.2 Å². The van der Waals surface area contributed by atoms with Gasteiger partial charge in [0.15, 0.2) is 0 Å². The van der Waals surface area contributed by atoms with Gasteiger partial charge in [0, 0.05) is 42.2 Å². The Balaban J connectivity index is 1.75. The first kappa shape index (κ1) is 22.6. The lowest BCUT2D eigenvalue weighted by molar-refractivity contribution is 0.317. The molecule has 0 radical (unpaired) electrons. The Morgan fingerprint density at radius 1 is 0.970 bits per heavy atom. The molecule has 0 aliphatic rings. The fourth-order valence-electron chi connectivity index (χ4n) is 4.15. The summed E-state index contributed by atoms with van der Waals surface area (Å²) in [7, 11) is 1.68. The summed E-state index contributed by atoms with van der Waals surface area (Å²) in [5.41, 5.74) is 6.68. The van der Waals surface area contributed by atoms with Gasteiger partial charge in [-0.15, -0.1) is 0 Å². The van der Waals surface area contributed by atoms with Crippen molar-refractivity contribution in [3.05, 3.63) is 129 Å². The van der Waals surface area contributed by atoms with Gasteiger partial charge in [0.25, 0.3) is 0 Å². The van der Waals surface area contributed by atoms with Crippen LogP contribution >= 0.6 is 11.6 Å². The zero-order valence-electron chi connectivity index (χ0n) is 18.6. The van der Waals surface area contributed by atoms with Crippen LogP contribution < -0.4 is 5.56 Å². The SMILES string of the molecule is Cc1cc(Cl)ccc1C(CC(=NO)c1ccc(=O)n(C)c1)c1ccc(-c2ccccc2)cc1. The van der Waals surface area contributed by atoms with Crippen LogP contribution in [0.4, 0.5) is 0 Å². The molecule has 0 aliphatic heterocycles. The predicted octanol–water partition coefficient (Wildman–Crippen LogP) is 6.41. The Morgan fingerprint density at radius 3 is 2.30 bits per heavy atom. The van der Waals surface area contributed by atoms with Crippen LogP contribution in [0.2, 0.25) is 5.02 Å². The number of rotatable bonds is 6. The lowest BCUT2D eigenvalue weighted by atomic mass is 9.83. The fraction of sp³-hybridized carbons (Fsp3) is 0.143. The van der Waals surface area contributed by atoms with E-state index < -0.39 is 0 Å². The molecule has 0 bridgehead atoms. The van der Waals surface area contributed by atoms with Gasteiger partial charge in [-0.3, -0.25) is 4.79 Å². The first-order valence-corrected chi connectivity index (χ1v) is 11.1. The van der Waals surface area contributed by atoms with Crippen LogP contribution in [0, 0.1) is 6.92 Å². The van der Waals surface area contributed by atoms with Crippen LogP contribution in [0.15, 0.2) is 101 Å². The molecule has 0 fully saturated rings. The van der Waals surface area contributed by atoms with E-state index in [9.17, 15) is 10.0 Å². The summed E-state index contributed by atoms with van der Waals surface area (Å²) in [6.07, 6.45) is 2.16. The van der Waals surface area contributed by atoms with E-state index in [1.54, 1.807) is 19.3 Å². The van der Waals surface area contributed by atoms with Crippen molar-refractivity contribution in [3.63, 3.8) is 0 Å². The first-order chi connectivity index (χ1) is 16.0. The van der Waals surface area contributed by atoms with Gasteiger partial charge in [-0.2, -0.15) is 0 Å². The van der Waals surface area contributed by atoms with Gasteiger partial charge in [0.2, 0.25) is 5.56 Å². The van der Waals surface area contributed by atoms with Gasteiger partial charge in [0.1, 0.15) is 0 Å². The molecular weight excluding hydrogens is 432 g/mol. The molecular formula is C28H25ClN2O2. The lowest BCUT2D eigenvalue weighted by Gasteiger charge is -2.21. The summed E-state index contributed by atoms with van der Waals surface area (Å²) >= 11 is 6.22. The topological polar surface area (TPSA) is 54.6 Å². The van der Waals surface area contributed by atoms with Crippen LogP contribution in [-0.4, -0.2) is 15.5 Å². The highest BCUT2D eigenvalue weighted by molar-refractivity contribution is 6.30. The van der Waals surface area contributed by atoms with Crippen molar-refractivity contribution in [1.29, 1.82) is 0 Å². The Bertz CT molecular complexity index is 1340. The molecule has 4 rings (SSSR count). The normalized spacial score (nSPS) is 12.5. The quantitative estimate of drug-likeness (QED) is 0.207. The van der Waals surface area contributed by atoms with Crippen molar-refractivity contribution in [2.75, 3.05) is 0 Å².